The van der Waals surface area contributed by atoms with Crippen LogP contribution >= 0.6 is 24.4 Å². The second-order valence-corrected chi connectivity index (χ2v) is 34.3. The summed E-state index contributed by atoms with van der Waals surface area (Å²) in [5.41, 5.74) is 8.73. The van der Waals surface area contributed by atoms with Crippen LogP contribution in [0.15, 0.2) is 0 Å². The third-order valence-electron chi connectivity index (χ3n) is 24.0. The molecule has 10 heterocycles. The number of carbonyl (C=O) groups is 7. The fraction of sp³-hybridized carbons (Fsp3) is 0.865. The number of aliphatic hydroxyl groups excluding tert-OH is 22. The largest absolute Gasteiger partial charge is 1.00 e. The average molecular weight is 2070 g/mol. The summed E-state index contributed by atoms with van der Waals surface area (Å²) in [5, 5.41) is 272. The van der Waals surface area contributed by atoms with Gasteiger partial charge in [0.2, 0.25) is 23.6 Å². The Balaban J connectivity index is 0.00000876. The molecule has 65 heteroatoms. The van der Waals surface area contributed by atoms with Crippen LogP contribution in [0, 0.1) is 11.8 Å². The molecule has 139 heavy (non-hydrogen) atoms. The SMILES string of the molecule is CO[C@@H]1OC(CO)[C@@H](O)[C@H](OC2OC(C(=O)NNC(=S)NCC3O[C@H](O[C@H]4OC(CNC(=S)NNC(=O)C5O[C@@H](O[C@@H]6C(NC(C)=O)[C@H](OC)OC(CO)[C@H]6O)C(O)[C@@H](O)[C@@H]5O[C@@H]5OC(CO)[C@@H](O)[C@H](O[C@@H]6OC(C(=O)[O-])[C@@H](C)[C@H](O)C6O)C5NC(C)=O)[C@@H](O)[C@H](O)C4O)C(O)[C@@H](O)[C@@H]3O)[C@@H](O[C@@H]3OC(CO)[C@@H](O)[C@H](O[C@@H]4OC([C-]=O)[C@@H](C)[C@H](O)C4O)C3NC(C)=O)[C@H](O)[C@@H]2O)C1NC(C)=O.[Na+].[Na+].[OH-]. The van der Waals surface area contributed by atoms with E-state index in [-0.39, 0.29) is 64.6 Å². The van der Waals surface area contributed by atoms with Gasteiger partial charge in [-0.2, -0.15) is 0 Å². The van der Waals surface area contributed by atoms with Crippen molar-refractivity contribution < 1.29 is 310 Å². The molecule has 33 N–H and O–H groups in total. The molecule has 786 valence electrons. The van der Waals surface area contributed by atoms with Gasteiger partial charge in [0, 0.05) is 60.9 Å². The van der Waals surface area contributed by atoms with Crippen LogP contribution in [0.25, 0.3) is 0 Å². The van der Waals surface area contributed by atoms with Gasteiger partial charge in [-0.1, -0.05) is 13.8 Å². The maximum atomic E-state index is 14.8. The summed E-state index contributed by atoms with van der Waals surface area (Å²) in [6, 6.07) is -6.91. The van der Waals surface area contributed by atoms with Gasteiger partial charge >= 0.3 is 59.1 Å². The monoisotopic (exact) mass is 2070 g/mol. The number of thiocarbonyl (C=S) groups is 2. The van der Waals surface area contributed by atoms with Crippen molar-refractivity contribution in [1.29, 1.82) is 0 Å². The molecule has 61 nitrogen and oxygen atoms in total. The second kappa shape index (κ2) is 54.0. The van der Waals surface area contributed by atoms with E-state index in [4.69, 9.17) is 114 Å². The van der Waals surface area contributed by atoms with E-state index in [1.54, 1.807) is 0 Å². The van der Waals surface area contributed by atoms with Gasteiger partial charge in [0.15, 0.2) is 85.3 Å². The van der Waals surface area contributed by atoms with Gasteiger partial charge in [0.25, 0.3) is 11.8 Å². The summed E-state index contributed by atoms with van der Waals surface area (Å²) in [5.74, 6) is -10.7. The number of rotatable bonds is 32. The zero-order chi connectivity index (χ0) is 101. The van der Waals surface area contributed by atoms with E-state index >= 15 is 0 Å². The van der Waals surface area contributed by atoms with E-state index in [1.807, 2.05) is 0 Å². The molecule has 0 spiro atoms. The first-order valence-corrected chi connectivity index (χ1v) is 43.2. The Kier molecular flexibility index (Phi) is 47.3. The molecule has 10 fully saturated rings. The molecule has 10 saturated heterocycles. The van der Waals surface area contributed by atoms with Crippen LogP contribution in [0.4, 0.5) is 0 Å². The third kappa shape index (κ3) is 28.4. The van der Waals surface area contributed by atoms with Crippen LogP contribution in [0.2, 0.25) is 0 Å². The van der Waals surface area contributed by atoms with Crippen molar-refractivity contribution in [2.45, 2.75) is 336 Å². The van der Waals surface area contributed by atoms with Crippen molar-refractivity contribution >= 4 is 82.4 Å². The summed E-state index contributed by atoms with van der Waals surface area (Å²) >= 11 is 10.8. The number of ether oxygens (including phenoxy) is 19. The van der Waals surface area contributed by atoms with E-state index in [1.165, 1.54) is 20.1 Å². The standard InChI is InChI=1S/C74H119N10O50S2.2Na.H2O/c1-16-24(11-85)120-67(45(106)33(16)94)126-54-31(79-20(5)92)65(123-27(14-88)39(54)100)130-56-43(104)49(110)71(127-52-29(77-18(3)90)63(116-7)121-25(12-86)37(52)98)132-58(56)60(112)81-83-73(135)75-9-22-35(96)41(102)47(108)68(118-22)134-69-48(109)42(103)36(97)23(119-69)10-76-74(136)84-82-61(113)59-57(44(105)50(111)72(133-59)128-53-30(78-19(4)91)64(117-8)122-26(13-87)38(53)99)131-66-32(80-21(6)93)55(40(101)28(15-89)124-66)129-70-46(107)34(95)17(2)51(125-70)62(114)115;;;/h16-17,22-59,63-72,86-89,94-111H,9-10,12-15H2,1-8H3,(H,77,90)(H,78,91)(H,79,92)(H,80,93)(H,81,112)(H,82,113)(H,114,115)(H2,75,83,135)(H2,76,84,136);;;1H2/q-1;2*+1;/p-2/t16-,17+,22?,23?,24?,25?,26?,27?,28?,29?,30?,31?,32?,33+,34+,35-,36-,37-,38-,39-,40-,41+,42+,43-,44-,45?,46?,47?,48?,49+,50?,51?,52-,53-,54-,55-,56+,57+,58?,59?,63-,64-,65+,66+,67+,68-,69-,70+,71?,72-;;;/m1.../s1. The smallest absolute Gasteiger partial charge is 0.870 e. The normalized spacial score (nSPS) is 44.5. The number of carboxylic acids is 1. The summed E-state index contributed by atoms with van der Waals surface area (Å²) in [4.78, 5) is 105. The number of methoxy groups -OCH3 is 2. The maximum Gasteiger partial charge on any atom is 1.00 e. The third-order valence-corrected chi connectivity index (χ3v) is 24.5. The number of hydrogen-bond acceptors (Lipinski definition) is 53. The van der Waals surface area contributed by atoms with Crippen LogP contribution in [-0.4, -0.2) is 524 Å². The quantitative estimate of drug-likeness (QED) is 0.0129. The van der Waals surface area contributed by atoms with Crippen LogP contribution in [-0.2, 0) is 128 Å². The van der Waals surface area contributed by atoms with E-state index in [2.05, 4.69) is 53.6 Å². The van der Waals surface area contributed by atoms with Crippen molar-refractivity contribution in [2.24, 2.45) is 11.8 Å². The van der Waals surface area contributed by atoms with Crippen LogP contribution in [0.1, 0.15) is 41.5 Å². The van der Waals surface area contributed by atoms with Gasteiger partial charge in [-0.15, -0.1) is 0 Å². The number of aliphatic carboxylic acids is 1. The number of hydrogen-bond donors (Lipinski definition) is 32. The van der Waals surface area contributed by atoms with Crippen molar-refractivity contribution in [3.63, 3.8) is 0 Å². The van der Waals surface area contributed by atoms with Crippen molar-refractivity contribution in [3.8, 4) is 0 Å². The zero-order valence-corrected chi connectivity index (χ0v) is 81.3. The predicted octanol–water partition coefficient (Wildman–Crippen LogP) is -28.7. The van der Waals surface area contributed by atoms with Crippen molar-refractivity contribution in [3.05, 3.63) is 0 Å². The first-order chi connectivity index (χ1) is 64.2. The molecule has 10 rings (SSSR count). The number of aliphatic hydroxyl groups is 22. The Morgan fingerprint density at radius 2 is 0.576 bits per heavy atom. The molecular weight excluding hydrogens is 1950 g/mol. The molecule has 0 aromatic rings. The number of carboxylic acid groups (broad SMARTS) is 1. The number of carbonyl (C=O) groups excluding carboxylic acids is 8. The predicted molar refractivity (Wildman–Crippen MR) is 433 cm³/mol. The molecule has 0 aliphatic carbocycles. The fourth-order valence-corrected chi connectivity index (χ4v) is 16.9. The summed E-state index contributed by atoms with van der Waals surface area (Å²) < 4.78 is 110. The molecular formula is C74H119N10Na2O51S2-. The van der Waals surface area contributed by atoms with Gasteiger partial charge in [-0.25, -0.2) is 6.29 Å². The molecule has 20 unspecified atom stereocenters. The Labute approximate surface area is 843 Å². The minimum Gasteiger partial charge on any atom is -0.870 e. The van der Waals surface area contributed by atoms with Crippen molar-refractivity contribution in [2.75, 3.05) is 53.7 Å². The minimum absolute atomic E-state index is 0. The molecule has 0 saturated carbocycles. The van der Waals surface area contributed by atoms with Gasteiger partial charge in [0.1, 0.15) is 201 Å². The Bertz CT molecular complexity index is 3970. The van der Waals surface area contributed by atoms with Crippen LogP contribution < -0.4 is 118 Å². The van der Waals surface area contributed by atoms with Crippen molar-refractivity contribution in [1.82, 2.24) is 53.6 Å². The van der Waals surface area contributed by atoms with E-state index < -0.39 is 398 Å². The summed E-state index contributed by atoms with van der Waals surface area (Å²) in [6.45, 7) is 0.864. The molecule has 50 atom stereocenters. The minimum atomic E-state index is -2.50. The second-order valence-electron chi connectivity index (χ2n) is 33.4. The van der Waals surface area contributed by atoms with Gasteiger partial charge < -0.3 is 254 Å². The van der Waals surface area contributed by atoms with E-state index in [0.29, 0.717) is 0 Å². The number of amides is 6. The fourth-order valence-electron chi connectivity index (χ4n) is 16.7. The number of hydrazine groups is 2. The topological polar surface area (TPSA) is 930 Å². The van der Waals surface area contributed by atoms with E-state index in [0.717, 1.165) is 41.9 Å². The maximum absolute atomic E-state index is 14.8. The molecule has 6 amide bonds. The number of nitrogens with one attached hydrogen (secondary N) is 10. The van der Waals surface area contributed by atoms with Crippen LogP contribution in [0.3, 0.4) is 0 Å². The molecule has 0 radical (unpaired) electrons. The van der Waals surface area contributed by atoms with Gasteiger partial charge in [-0.3, -0.25) is 50.5 Å². The molecule has 0 aromatic carbocycles. The van der Waals surface area contributed by atoms with E-state index in [9.17, 15) is 156 Å². The van der Waals surface area contributed by atoms with Gasteiger partial charge in [0.05, 0.1) is 44.6 Å². The zero-order valence-electron chi connectivity index (χ0n) is 75.6. The van der Waals surface area contributed by atoms with Gasteiger partial charge in [-0.05, 0) is 36.5 Å². The first kappa shape index (κ1) is 122. The molecule has 0 bridgehead atoms. The molecule has 0 aromatic heterocycles. The summed E-state index contributed by atoms with van der Waals surface area (Å²) in [7, 11) is 2.21. The average Bonchev–Trinajstić information content (AvgIpc) is 0.769. The first-order valence-electron chi connectivity index (χ1n) is 42.4. The van der Waals surface area contributed by atoms with Crippen LogP contribution in [0.5, 0.6) is 0 Å². The molecule has 10 aliphatic rings. The Hall–Kier alpha value is -4.34. The Morgan fingerprint density at radius 1 is 0.317 bits per heavy atom. The molecule has 10 aliphatic heterocycles. The Morgan fingerprint density at radius 3 is 0.871 bits per heavy atom. The summed E-state index contributed by atoms with van der Waals surface area (Å²) in [6.07, 6.45) is -88.8.